The van der Waals surface area contributed by atoms with E-state index in [-0.39, 0.29) is 22.0 Å². The molecule has 0 spiro atoms. The van der Waals surface area contributed by atoms with Gasteiger partial charge < -0.3 is 10.6 Å². The average molecular weight is 337 g/mol. The highest BCUT2D eigenvalue weighted by Gasteiger charge is 2.15. The van der Waals surface area contributed by atoms with E-state index in [1.54, 1.807) is 6.07 Å². The molecule has 8 heteroatoms. The molecule has 1 rings (SSSR count). The van der Waals surface area contributed by atoms with Crippen LogP contribution < -0.4 is 10.6 Å². The molecule has 0 aromatic heterocycles. The van der Waals surface area contributed by atoms with E-state index in [1.165, 1.54) is 18.3 Å². The fourth-order valence-electron chi connectivity index (χ4n) is 1.73. The number of amides is 1. The summed E-state index contributed by atoms with van der Waals surface area (Å²) in [6.45, 7) is 2.74. The quantitative estimate of drug-likeness (QED) is 0.249. The van der Waals surface area contributed by atoms with Crippen molar-refractivity contribution in [1.82, 2.24) is 5.32 Å². The molecular weight excluding hydrogens is 320 g/mol. The minimum Gasteiger partial charge on any atom is -0.390 e. The largest absolute Gasteiger partial charge is 0.390 e. The van der Waals surface area contributed by atoms with E-state index in [4.69, 9.17) is 16.9 Å². The van der Waals surface area contributed by atoms with Crippen LogP contribution in [0.25, 0.3) is 0 Å². The van der Waals surface area contributed by atoms with E-state index in [1.807, 2.05) is 0 Å². The number of halogens is 1. The number of nitrogens with one attached hydrogen (secondary N) is 2. The molecule has 0 aliphatic carbocycles. The molecule has 2 N–H and O–H groups in total. The molecule has 0 bridgehead atoms. The number of carbonyl (C=O) groups is 1. The first-order valence-corrected chi connectivity index (χ1v) is 7.46. The average Bonchev–Trinajstić information content (AvgIpc) is 2.52. The SMILES string of the molecule is CCCCCN/C=C(/C#N)C(=O)Nc1ccc(Cl)c([N+](=O)[O-])c1. The van der Waals surface area contributed by atoms with Gasteiger partial charge >= 0.3 is 0 Å². The number of nitro groups is 1. The van der Waals surface area contributed by atoms with Crippen LogP contribution in [0.4, 0.5) is 11.4 Å². The Labute approximate surface area is 139 Å². The first kappa shape index (κ1) is 18.5. The van der Waals surface area contributed by atoms with Crippen LogP contribution in [-0.2, 0) is 4.79 Å². The zero-order valence-electron chi connectivity index (χ0n) is 12.6. The number of nitro benzene ring substituents is 1. The minimum atomic E-state index is -0.646. The predicted molar refractivity (Wildman–Crippen MR) is 88.0 cm³/mol. The van der Waals surface area contributed by atoms with E-state index < -0.39 is 10.8 Å². The molecule has 23 heavy (non-hydrogen) atoms. The summed E-state index contributed by atoms with van der Waals surface area (Å²) in [5.74, 6) is -0.646. The summed E-state index contributed by atoms with van der Waals surface area (Å²) < 4.78 is 0. The molecular formula is C15H17ClN4O3. The van der Waals surface area contributed by atoms with Crippen molar-refractivity contribution in [3.8, 4) is 6.07 Å². The third-order valence-electron chi connectivity index (χ3n) is 2.94. The lowest BCUT2D eigenvalue weighted by molar-refractivity contribution is -0.384. The zero-order chi connectivity index (χ0) is 17.2. The number of hydrogen-bond acceptors (Lipinski definition) is 5. The maximum absolute atomic E-state index is 12.0. The Bertz CT molecular complexity index is 653. The molecule has 1 amide bonds. The summed E-state index contributed by atoms with van der Waals surface area (Å²) in [4.78, 5) is 22.2. The summed E-state index contributed by atoms with van der Waals surface area (Å²) >= 11 is 5.70. The van der Waals surface area contributed by atoms with Gasteiger partial charge in [-0.25, -0.2) is 0 Å². The number of rotatable bonds is 8. The normalized spacial score (nSPS) is 10.7. The molecule has 0 saturated heterocycles. The number of anilines is 1. The van der Waals surface area contributed by atoms with E-state index in [2.05, 4.69) is 17.6 Å². The summed E-state index contributed by atoms with van der Waals surface area (Å²) in [6.07, 6.45) is 4.42. The fourth-order valence-corrected chi connectivity index (χ4v) is 1.92. The van der Waals surface area contributed by atoms with Gasteiger partial charge in [-0.05, 0) is 18.6 Å². The van der Waals surface area contributed by atoms with Crippen LogP contribution in [0.5, 0.6) is 0 Å². The van der Waals surface area contributed by atoms with Crippen molar-refractivity contribution >= 4 is 28.9 Å². The van der Waals surface area contributed by atoms with Crippen LogP contribution in [-0.4, -0.2) is 17.4 Å². The van der Waals surface area contributed by atoms with Gasteiger partial charge in [-0.3, -0.25) is 14.9 Å². The topological polar surface area (TPSA) is 108 Å². The van der Waals surface area contributed by atoms with Crippen molar-refractivity contribution in [1.29, 1.82) is 5.26 Å². The molecule has 0 fully saturated rings. The smallest absolute Gasteiger partial charge is 0.289 e. The van der Waals surface area contributed by atoms with Crippen LogP contribution in [0.3, 0.4) is 0 Å². The second-order valence-corrected chi connectivity index (χ2v) is 5.12. The molecule has 1 aromatic carbocycles. The Morgan fingerprint density at radius 2 is 2.22 bits per heavy atom. The van der Waals surface area contributed by atoms with Crippen molar-refractivity contribution in [3.05, 3.63) is 45.1 Å². The highest BCUT2D eigenvalue weighted by atomic mass is 35.5. The fraction of sp³-hybridized carbons (Fsp3) is 0.333. The summed E-state index contributed by atoms with van der Waals surface area (Å²) in [6, 6.07) is 5.67. The monoisotopic (exact) mass is 336 g/mol. The second-order valence-electron chi connectivity index (χ2n) is 4.71. The molecule has 0 aliphatic rings. The summed E-state index contributed by atoms with van der Waals surface area (Å²) in [5, 5.41) is 25.1. The van der Waals surface area contributed by atoms with Crippen molar-refractivity contribution < 1.29 is 9.72 Å². The van der Waals surface area contributed by atoms with Gasteiger partial charge in [-0.2, -0.15) is 5.26 Å². The maximum atomic E-state index is 12.0. The van der Waals surface area contributed by atoms with Gasteiger partial charge in [-0.1, -0.05) is 31.4 Å². The van der Waals surface area contributed by atoms with Crippen molar-refractivity contribution in [2.45, 2.75) is 26.2 Å². The molecule has 7 nitrogen and oxygen atoms in total. The molecule has 122 valence electrons. The van der Waals surface area contributed by atoms with Crippen LogP contribution in [0.1, 0.15) is 26.2 Å². The molecule has 0 aliphatic heterocycles. The van der Waals surface area contributed by atoms with Crippen molar-refractivity contribution in [2.24, 2.45) is 0 Å². The number of unbranched alkanes of at least 4 members (excludes halogenated alkanes) is 2. The van der Waals surface area contributed by atoms with Gasteiger partial charge in [0.2, 0.25) is 0 Å². The second kappa shape index (κ2) is 9.43. The lowest BCUT2D eigenvalue weighted by Gasteiger charge is -2.05. The summed E-state index contributed by atoms with van der Waals surface area (Å²) in [7, 11) is 0. The molecule has 0 atom stereocenters. The Kier molecular flexibility index (Phi) is 7.57. The Balaban J connectivity index is 2.73. The van der Waals surface area contributed by atoms with Crippen LogP contribution in [0, 0.1) is 21.4 Å². The van der Waals surface area contributed by atoms with Gasteiger partial charge in [0.1, 0.15) is 16.7 Å². The standard InChI is InChI=1S/C15H17ClN4O3/c1-2-3-4-7-18-10-11(9-17)15(21)19-12-5-6-13(16)14(8-12)20(22)23/h5-6,8,10,18H,2-4,7H2,1H3,(H,19,21)/b11-10-. The van der Waals surface area contributed by atoms with E-state index in [0.29, 0.717) is 6.54 Å². The van der Waals surface area contributed by atoms with E-state index in [0.717, 1.165) is 25.3 Å². The number of carbonyl (C=O) groups excluding carboxylic acids is 1. The molecule has 0 radical (unpaired) electrons. The number of benzene rings is 1. The Hall–Kier alpha value is -2.59. The van der Waals surface area contributed by atoms with Gasteiger partial charge in [0.15, 0.2) is 0 Å². The third-order valence-corrected chi connectivity index (χ3v) is 3.26. The van der Waals surface area contributed by atoms with Gasteiger partial charge in [-0.15, -0.1) is 0 Å². The van der Waals surface area contributed by atoms with Gasteiger partial charge in [0.05, 0.1) is 4.92 Å². The predicted octanol–water partition coefficient (Wildman–Crippen LogP) is 3.37. The number of nitrogens with zero attached hydrogens (tertiary/aromatic N) is 2. The maximum Gasteiger partial charge on any atom is 0.289 e. The van der Waals surface area contributed by atoms with Crippen molar-refractivity contribution in [3.63, 3.8) is 0 Å². The Morgan fingerprint density at radius 1 is 1.48 bits per heavy atom. The first-order valence-electron chi connectivity index (χ1n) is 7.08. The van der Waals surface area contributed by atoms with E-state index >= 15 is 0 Å². The minimum absolute atomic E-state index is 0.0263. The summed E-state index contributed by atoms with van der Waals surface area (Å²) in [5.41, 5.74) is -0.234. The van der Waals surface area contributed by atoms with Crippen LogP contribution >= 0.6 is 11.6 Å². The van der Waals surface area contributed by atoms with E-state index in [9.17, 15) is 14.9 Å². The van der Waals surface area contributed by atoms with Crippen molar-refractivity contribution in [2.75, 3.05) is 11.9 Å². The molecule has 1 aromatic rings. The first-order chi connectivity index (χ1) is 11.0. The lowest BCUT2D eigenvalue weighted by Crippen LogP contribution is -2.17. The lowest BCUT2D eigenvalue weighted by atomic mass is 10.2. The molecule has 0 unspecified atom stereocenters. The van der Waals surface area contributed by atoms with Gasteiger partial charge in [0.25, 0.3) is 11.6 Å². The van der Waals surface area contributed by atoms with Crippen LogP contribution in [0.2, 0.25) is 5.02 Å². The van der Waals surface area contributed by atoms with Crippen LogP contribution in [0.15, 0.2) is 30.0 Å². The zero-order valence-corrected chi connectivity index (χ0v) is 13.4. The highest BCUT2D eigenvalue weighted by molar-refractivity contribution is 6.32. The number of nitriles is 1. The van der Waals surface area contributed by atoms with Gasteiger partial charge in [0, 0.05) is 24.5 Å². The molecule has 0 heterocycles. The molecule has 0 saturated carbocycles. The Morgan fingerprint density at radius 3 is 2.83 bits per heavy atom. The number of hydrogen-bond donors (Lipinski definition) is 2. The highest BCUT2D eigenvalue weighted by Crippen LogP contribution is 2.27. The third kappa shape index (κ3) is 5.96.